The molecule has 104 valence electrons. The number of hydrogen-bond acceptors (Lipinski definition) is 3. The molecule has 0 heterocycles. The minimum Gasteiger partial charge on any atom is -0.200 e. The van der Waals surface area contributed by atoms with E-state index in [0.717, 1.165) is 30.5 Å². The Labute approximate surface area is 115 Å². The lowest BCUT2D eigenvalue weighted by Gasteiger charge is -2.19. The van der Waals surface area contributed by atoms with Gasteiger partial charge in [0.15, 0.2) is 0 Å². The van der Waals surface area contributed by atoms with Crippen LogP contribution in [0, 0.1) is 12.8 Å². The van der Waals surface area contributed by atoms with Crippen LogP contribution in [0.3, 0.4) is 0 Å². The van der Waals surface area contributed by atoms with Gasteiger partial charge in [-0.2, -0.15) is 13.5 Å². The third-order valence-electron chi connectivity index (χ3n) is 3.40. The second kappa shape index (κ2) is 5.74. The van der Waals surface area contributed by atoms with Gasteiger partial charge in [0.2, 0.25) is 0 Å². The van der Waals surface area contributed by atoms with Crippen molar-refractivity contribution in [2.45, 2.75) is 44.4 Å². The maximum Gasteiger partial charge on any atom is 0.276 e. The molecule has 2 rings (SSSR count). The predicted molar refractivity (Wildman–Crippen MR) is 76.6 cm³/mol. The molecule has 0 aromatic heterocycles. The van der Waals surface area contributed by atoms with Gasteiger partial charge in [0.05, 0.1) is 4.90 Å². The standard InChI is InChI=1S/C14H20N2O2S/c1-11-6-8-14(9-7-11)19(17,18)16-15-13-5-3-4-12(2)10-13/h6-9,12,16H,3-5,10H2,1-2H3. The van der Waals surface area contributed by atoms with Crippen molar-refractivity contribution in [3.05, 3.63) is 29.8 Å². The fourth-order valence-electron chi connectivity index (χ4n) is 2.26. The summed E-state index contributed by atoms with van der Waals surface area (Å²) in [6, 6.07) is 6.76. The number of rotatable bonds is 3. The molecule has 0 bridgehead atoms. The van der Waals surface area contributed by atoms with Gasteiger partial charge in [0.25, 0.3) is 10.0 Å². The van der Waals surface area contributed by atoms with Crippen molar-refractivity contribution >= 4 is 15.7 Å². The van der Waals surface area contributed by atoms with Crippen molar-refractivity contribution < 1.29 is 8.42 Å². The van der Waals surface area contributed by atoms with Crippen LogP contribution in [-0.4, -0.2) is 14.1 Å². The van der Waals surface area contributed by atoms with Gasteiger partial charge in [-0.1, -0.05) is 24.6 Å². The Kier molecular flexibility index (Phi) is 4.24. The molecule has 1 saturated carbocycles. The van der Waals surface area contributed by atoms with Gasteiger partial charge in [-0.15, -0.1) is 0 Å². The summed E-state index contributed by atoms with van der Waals surface area (Å²) < 4.78 is 24.1. The Bertz CT molecular complexity index is 562. The van der Waals surface area contributed by atoms with Crippen LogP contribution in [0.1, 0.15) is 38.2 Å². The van der Waals surface area contributed by atoms with Crippen LogP contribution < -0.4 is 4.83 Å². The molecular formula is C14H20N2O2S. The highest BCUT2D eigenvalue weighted by molar-refractivity contribution is 7.89. The molecule has 0 amide bonds. The number of nitrogens with zero attached hydrogens (tertiary/aromatic N) is 1. The highest BCUT2D eigenvalue weighted by atomic mass is 32.2. The molecule has 0 aliphatic heterocycles. The normalized spacial score (nSPS) is 22.4. The molecule has 1 aromatic rings. The Balaban J connectivity index is 2.09. The molecule has 1 aliphatic rings. The van der Waals surface area contributed by atoms with Crippen molar-refractivity contribution in [2.24, 2.45) is 11.0 Å². The van der Waals surface area contributed by atoms with E-state index in [1.807, 2.05) is 6.92 Å². The van der Waals surface area contributed by atoms with Crippen molar-refractivity contribution in [3.8, 4) is 0 Å². The first-order valence-electron chi connectivity index (χ1n) is 6.61. The fraction of sp³-hybridized carbons (Fsp3) is 0.500. The van der Waals surface area contributed by atoms with E-state index in [2.05, 4.69) is 16.9 Å². The van der Waals surface area contributed by atoms with Gasteiger partial charge < -0.3 is 0 Å². The first kappa shape index (κ1) is 14.1. The average molecular weight is 280 g/mol. The van der Waals surface area contributed by atoms with E-state index in [4.69, 9.17) is 0 Å². The van der Waals surface area contributed by atoms with Crippen LogP contribution in [0.15, 0.2) is 34.3 Å². The average Bonchev–Trinajstić information content (AvgIpc) is 2.37. The maximum absolute atomic E-state index is 12.0. The summed E-state index contributed by atoms with van der Waals surface area (Å²) >= 11 is 0. The summed E-state index contributed by atoms with van der Waals surface area (Å²) in [5, 5.41) is 4.08. The van der Waals surface area contributed by atoms with E-state index in [9.17, 15) is 8.42 Å². The topological polar surface area (TPSA) is 58.5 Å². The first-order valence-corrected chi connectivity index (χ1v) is 8.09. The van der Waals surface area contributed by atoms with Gasteiger partial charge in [-0.25, -0.2) is 4.83 Å². The third-order valence-corrected chi connectivity index (χ3v) is 4.63. The highest BCUT2D eigenvalue weighted by Gasteiger charge is 2.16. The summed E-state index contributed by atoms with van der Waals surface area (Å²) in [7, 11) is -3.53. The monoisotopic (exact) mass is 280 g/mol. The van der Waals surface area contributed by atoms with Crippen LogP contribution in [0.2, 0.25) is 0 Å². The van der Waals surface area contributed by atoms with Gasteiger partial charge >= 0.3 is 0 Å². The zero-order chi connectivity index (χ0) is 13.9. The third kappa shape index (κ3) is 3.80. The molecule has 0 spiro atoms. The lowest BCUT2D eigenvalue weighted by molar-refractivity contribution is 0.498. The van der Waals surface area contributed by atoms with Crippen molar-refractivity contribution in [1.82, 2.24) is 4.83 Å². The SMILES string of the molecule is Cc1ccc(S(=O)(=O)NN=C2CCCC(C)C2)cc1. The van der Waals surface area contributed by atoms with Crippen LogP contribution >= 0.6 is 0 Å². The predicted octanol–water partition coefficient (Wildman–Crippen LogP) is 2.84. The number of hydrazone groups is 1. The Morgan fingerprint density at radius 3 is 2.58 bits per heavy atom. The quantitative estimate of drug-likeness (QED) is 0.865. The second-order valence-corrected chi connectivity index (χ2v) is 6.95. The zero-order valence-electron chi connectivity index (χ0n) is 11.4. The van der Waals surface area contributed by atoms with Crippen molar-refractivity contribution in [3.63, 3.8) is 0 Å². The van der Waals surface area contributed by atoms with Crippen LogP contribution in [0.5, 0.6) is 0 Å². The highest BCUT2D eigenvalue weighted by Crippen LogP contribution is 2.21. The van der Waals surface area contributed by atoms with E-state index in [1.165, 1.54) is 6.42 Å². The molecule has 1 atom stereocenters. The summed E-state index contributed by atoms with van der Waals surface area (Å²) in [5.74, 6) is 0.594. The van der Waals surface area contributed by atoms with Crippen molar-refractivity contribution in [1.29, 1.82) is 0 Å². The number of hydrogen-bond donors (Lipinski definition) is 1. The summed E-state index contributed by atoms with van der Waals surface area (Å²) in [6.07, 6.45) is 4.06. The Hall–Kier alpha value is -1.36. The lowest BCUT2D eigenvalue weighted by Crippen LogP contribution is -2.22. The molecule has 19 heavy (non-hydrogen) atoms. The van der Waals surface area contributed by atoms with Gasteiger partial charge in [-0.3, -0.25) is 0 Å². The molecule has 0 radical (unpaired) electrons. The van der Waals surface area contributed by atoms with Crippen LogP contribution in [0.25, 0.3) is 0 Å². The minimum atomic E-state index is -3.53. The molecule has 1 aliphatic carbocycles. The molecule has 1 aromatic carbocycles. The molecule has 5 heteroatoms. The Morgan fingerprint density at radius 2 is 1.95 bits per heavy atom. The number of sulfonamides is 1. The van der Waals surface area contributed by atoms with Crippen LogP contribution in [-0.2, 0) is 10.0 Å². The van der Waals surface area contributed by atoms with E-state index in [0.29, 0.717) is 5.92 Å². The van der Waals surface area contributed by atoms with E-state index in [-0.39, 0.29) is 4.90 Å². The molecular weight excluding hydrogens is 260 g/mol. The van der Waals surface area contributed by atoms with Gasteiger partial charge in [-0.05, 0) is 50.7 Å². The largest absolute Gasteiger partial charge is 0.276 e. The molecule has 1 fully saturated rings. The number of nitrogens with one attached hydrogen (secondary N) is 1. The lowest BCUT2D eigenvalue weighted by atomic mass is 9.89. The van der Waals surface area contributed by atoms with Crippen LogP contribution in [0.4, 0.5) is 0 Å². The maximum atomic E-state index is 12.0. The summed E-state index contributed by atoms with van der Waals surface area (Å²) in [5.41, 5.74) is 1.99. The zero-order valence-corrected chi connectivity index (χ0v) is 12.2. The molecule has 1 N–H and O–H groups in total. The van der Waals surface area contributed by atoms with Gasteiger partial charge in [0.1, 0.15) is 0 Å². The number of aryl methyl sites for hydroxylation is 1. The van der Waals surface area contributed by atoms with E-state index >= 15 is 0 Å². The smallest absolute Gasteiger partial charge is 0.200 e. The summed E-state index contributed by atoms with van der Waals surface area (Å²) in [6.45, 7) is 4.09. The summed E-state index contributed by atoms with van der Waals surface area (Å²) in [4.78, 5) is 2.60. The minimum absolute atomic E-state index is 0.256. The molecule has 1 unspecified atom stereocenters. The van der Waals surface area contributed by atoms with E-state index in [1.54, 1.807) is 24.3 Å². The first-order chi connectivity index (χ1) is 8.97. The Morgan fingerprint density at radius 1 is 1.26 bits per heavy atom. The van der Waals surface area contributed by atoms with Crippen molar-refractivity contribution in [2.75, 3.05) is 0 Å². The number of benzene rings is 1. The molecule has 4 nitrogen and oxygen atoms in total. The second-order valence-electron chi connectivity index (χ2n) is 5.29. The van der Waals surface area contributed by atoms with E-state index < -0.39 is 10.0 Å². The fourth-order valence-corrected chi connectivity index (χ4v) is 3.11. The molecule has 0 saturated heterocycles. The van der Waals surface area contributed by atoms with Gasteiger partial charge in [0, 0.05) is 5.71 Å².